The van der Waals surface area contributed by atoms with E-state index in [0.29, 0.717) is 25.4 Å². The molecular formula is C13H23N3O4S. The molecule has 0 bridgehead atoms. The van der Waals surface area contributed by atoms with Crippen LogP contribution in [0.3, 0.4) is 0 Å². The molecule has 0 aliphatic carbocycles. The lowest BCUT2D eigenvalue weighted by Crippen LogP contribution is -2.34. The van der Waals surface area contributed by atoms with Crippen LogP contribution in [0, 0.1) is 0 Å². The van der Waals surface area contributed by atoms with E-state index in [4.69, 9.17) is 15.2 Å². The largest absolute Gasteiger partial charge is 0.495 e. The Kier molecular flexibility index (Phi) is 6.90. The molecule has 0 spiro atoms. The van der Waals surface area contributed by atoms with Crippen molar-refractivity contribution in [1.29, 1.82) is 0 Å². The Morgan fingerprint density at radius 3 is 2.57 bits per heavy atom. The zero-order chi connectivity index (χ0) is 15.9. The molecular weight excluding hydrogens is 294 g/mol. The molecule has 1 aromatic carbocycles. The lowest BCUT2D eigenvalue weighted by molar-refractivity contribution is 0.162. The molecule has 0 unspecified atom stereocenters. The fraction of sp³-hybridized carbons (Fsp3) is 0.538. The molecule has 7 nitrogen and oxygen atoms in total. The van der Waals surface area contributed by atoms with Gasteiger partial charge in [-0.3, -0.25) is 0 Å². The molecule has 0 amide bonds. The number of anilines is 1. The van der Waals surface area contributed by atoms with Gasteiger partial charge in [0.1, 0.15) is 5.75 Å². The maximum absolute atomic E-state index is 12.1. The number of nitrogen functional groups attached to an aromatic ring is 1. The van der Waals surface area contributed by atoms with Crippen molar-refractivity contribution in [3.05, 3.63) is 18.2 Å². The number of nitrogens with zero attached hydrogens (tertiary/aromatic N) is 1. The van der Waals surface area contributed by atoms with E-state index < -0.39 is 10.0 Å². The summed E-state index contributed by atoms with van der Waals surface area (Å²) in [7, 11) is 1.44. The summed E-state index contributed by atoms with van der Waals surface area (Å²) in [5, 5.41) is 0. The molecule has 3 N–H and O–H groups in total. The minimum atomic E-state index is -3.57. The zero-order valence-electron chi connectivity index (χ0n) is 12.6. The van der Waals surface area contributed by atoms with E-state index in [9.17, 15) is 8.42 Å². The van der Waals surface area contributed by atoms with Crippen LogP contribution < -0.4 is 15.2 Å². The summed E-state index contributed by atoms with van der Waals surface area (Å²) in [6.07, 6.45) is 0. The predicted octanol–water partition coefficient (Wildman–Crippen LogP) is 0.134. The minimum Gasteiger partial charge on any atom is -0.495 e. The summed E-state index contributed by atoms with van der Waals surface area (Å²) in [6.45, 7) is 2.26. The van der Waals surface area contributed by atoms with Crippen LogP contribution in [0.15, 0.2) is 23.1 Å². The van der Waals surface area contributed by atoms with Gasteiger partial charge in [0.05, 0.1) is 24.3 Å². The maximum atomic E-state index is 12.1. The van der Waals surface area contributed by atoms with E-state index in [1.165, 1.54) is 25.3 Å². The van der Waals surface area contributed by atoms with Gasteiger partial charge in [-0.25, -0.2) is 13.1 Å². The first-order valence-corrected chi connectivity index (χ1v) is 7.99. The summed E-state index contributed by atoms with van der Waals surface area (Å²) in [6, 6.07) is 4.39. The van der Waals surface area contributed by atoms with Crippen molar-refractivity contribution >= 4 is 15.7 Å². The fourth-order valence-corrected chi connectivity index (χ4v) is 2.75. The molecule has 1 aromatic rings. The van der Waals surface area contributed by atoms with E-state index in [0.717, 1.165) is 6.54 Å². The van der Waals surface area contributed by atoms with Gasteiger partial charge in [-0.15, -0.1) is 0 Å². The third-order valence-corrected chi connectivity index (χ3v) is 4.43. The topological polar surface area (TPSA) is 93.9 Å². The Hall–Kier alpha value is -1.35. The van der Waals surface area contributed by atoms with Gasteiger partial charge in [-0.1, -0.05) is 0 Å². The molecule has 0 saturated heterocycles. The molecule has 21 heavy (non-hydrogen) atoms. The first-order valence-electron chi connectivity index (χ1n) is 6.51. The second-order valence-electron chi connectivity index (χ2n) is 4.60. The molecule has 0 heterocycles. The Morgan fingerprint density at radius 2 is 2.00 bits per heavy atom. The number of methoxy groups -OCH3 is 2. The van der Waals surface area contributed by atoms with Gasteiger partial charge in [0.2, 0.25) is 10.0 Å². The van der Waals surface area contributed by atoms with Crippen LogP contribution >= 0.6 is 0 Å². The number of hydrogen-bond donors (Lipinski definition) is 2. The van der Waals surface area contributed by atoms with Gasteiger partial charge in [0.15, 0.2) is 0 Å². The van der Waals surface area contributed by atoms with Gasteiger partial charge < -0.3 is 20.1 Å². The second kappa shape index (κ2) is 8.18. The van der Waals surface area contributed by atoms with E-state index >= 15 is 0 Å². The van der Waals surface area contributed by atoms with Gasteiger partial charge in [-0.05, 0) is 25.2 Å². The third-order valence-electron chi connectivity index (χ3n) is 2.97. The highest BCUT2D eigenvalue weighted by molar-refractivity contribution is 7.89. The number of rotatable bonds is 9. The Bertz CT molecular complexity index is 548. The van der Waals surface area contributed by atoms with Crippen molar-refractivity contribution < 1.29 is 17.9 Å². The number of nitrogens with two attached hydrogens (primary N) is 1. The second-order valence-corrected chi connectivity index (χ2v) is 6.36. The summed E-state index contributed by atoms with van der Waals surface area (Å²) in [4.78, 5) is 2.11. The third kappa shape index (κ3) is 5.50. The van der Waals surface area contributed by atoms with E-state index in [2.05, 4.69) is 4.72 Å². The zero-order valence-corrected chi connectivity index (χ0v) is 13.4. The van der Waals surface area contributed by atoms with Crippen molar-refractivity contribution in [2.45, 2.75) is 4.90 Å². The van der Waals surface area contributed by atoms with E-state index in [-0.39, 0.29) is 10.6 Å². The molecule has 0 aliphatic rings. The molecule has 0 radical (unpaired) electrons. The smallest absolute Gasteiger partial charge is 0.240 e. The molecule has 0 atom stereocenters. The van der Waals surface area contributed by atoms with Crippen molar-refractivity contribution in [3.8, 4) is 5.75 Å². The monoisotopic (exact) mass is 317 g/mol. The Morgan fingerprint density at radius 1 is 1.29 bits per heavy atom. The average Bonchev–Trinajstić information content (AvgIpc) is 2.44. The van der Waals surface area contributed by atoms with Gasteiger partial charge in [0.25, 0.3) is 0 Å². The van der Waals surface area contributed by atoms with Crippen LogP contribution in [-0.4, -0.2) is 60.8 Å². The van der Waals surface area contributed by atoms with Gasteiger partial charge >= 0.3 is 0 Å². The number of ether oxygens (including phenoxy) is 2. The first kappa shape index (κ1) is 17.7. The molecule has 8 heteroatoms. The van der Waals surface area contributed by atoms with Crippen LogP contribution in [0.25, 0.3) is 0 Å². The molecule has 0 saturated carbocycles. The van der Waals surface area contributed by atoms with Gasteiger partial charge in [0, 0.05) is 26.7 Å². The Balaban J connectivity index is 2.59. The highest BCUT2D eigenvalue weighted by Gasteiger charge is 2.15. The van der Waals surface area contributed by atoms with Crippen molar-refractivity contribution in [2.24, 2.45) is 0 Å². The SMILES string of the molecule is COCCN(C)CCNS(=O)(=O)c1ccc(OC)c(N)c1. The maximum Gasteiger partial charge on any atom is 0.240 e. The van der Waals surface area contributed by atoms with Crippen molar-refractivity contribution in [1.82, 2.24) is 9.62 Å². The Labute approximate surface area is 126 Å². The standard InChI is InChI=1S/C13H23N3O4S/c1-16(8-9-19-2)7-6-15-21(17,18)11-4-5-13(20-3)12(14)10-11/h4-5,10,15H,6-9,14H2,1-3H3. The van der Waals surface area contributed by atoms with Crippen LogP contribution in [0.4, 0.5) is 5.69 Å². The normalized spacial score (nSPS) is 11.8. The first-order chi connectivity index (χ1) is 9.90. The lowest BCUT2D eigenvalue weighted by Gasteiger charge is -2.16. The molecule has 120 valence electrons. The van der Waals surface area contributed by atoms with Gasteiger partial charge in [-0.2, -0.15) is 0 Å². The van der Waals surface area contributed by atoms with Crippen molar-refractivity contribution in [3.63, 3.8) is 0 Å². The summed E-state index contributed by atoms with van der Waals surface area (Å²) in [5.41, 5.74) is 6.01. The van der Waals surface area contributed by atoms with Crippen molar-refractivity contribution in [2.75, 3.05) is 53.2 Å². The van der Waals surface area contributed by atoms with E-state index in [1.807, 2.05) is 11.9 Å². The van der Waals surface area contributed by atoms with E-state index in [1.54, 1.807) is 7.11 Å². The van der Waals surface area contributed by atoms with Crippen LogP contribution in [0.5, 0.6) is 5.75 Å². The number of hydrogen-bond acceptors (Lipinski definition) is 6. The molecule has 0 fully saturated rings. The number of nitrogens with one attached hydrogen (secondary N) is 1. The molecule has 0 aromatic heterocycles. The summed E-state index contributed by atoms with van der Waals surface area (Å²) in [5.74, 6) is 0.452. The predicted molar refractivity (Wildman–Crippen MR) is 82.0 cm³/mol. The van der Waals surface area contributed by atoms with Crippen LogP contribution in [0.2, 0.25) is 0 Å². The molecule has 0 aliphatic heterocycles. The highest BCUT2D eigenvalue weighted by atomic mass is 32.2. The number of benzene rings is 1. The fourth-order valence-electron chi connectivity index (χ4n) is 1.69. The van der Waals surface area contributed by atoms with Crippen LogP contribution in [-0.2, 0) is 14.8 Å². The quantitative estimate of drug-likeness (QED) is 0.629. The summed E-state index contributed by atoms with van der Waals surface area (Å²) < 4.78 is 36.8. The molecule has 1 rings (SSSR count). The van der Waals surface area contributed by atoms with Crippen LogP contribution in [0.1, 0.15) is 0 Å². The average molecular weight is 317 g/mol. The highest BCUT2D eigenvalue weighted by Crippen LogP contribution is 2.24. The lowest BCUT2D eigenvalue weighted by atomic mass is 10.3. The number of sulfonamides is 1. The minimum absolute atomic E-state index is 0.125. The number of likely N-dealkylation sites (N-methyl/N-ethyl adjacent to an activating group) is 1. The summed E-state index contributed by atoms with van der Waals surface area (Å²) >= 11 is 0.